The van der Waals surface area contributed by atoms with Gasteiger partial charge in [-0.2, -0.15) is 0 Å². The molecule has 1 saturated heterocycles. The van der Waals surface area contributed by atoms with E-state index in [0.29, 0.717) is 16.8 Å². The quantitative estimate of drug-likeness (QED) is 0.333. The number of carbonyl (C=O) groups is 5. The summed E-state index contributed by atoms with van der Waals surface area (Å²) in [5.41, 5.74) is 2.82. The number of aromatic nitrogens is 1. The second-order valence-corrected chi connectivity index (χ2v) is 10.1. The maximum atomic E-state index is 12.9. The van der Waals surface area contributed by atoms with Crippen LogP contribution in [0, 0.1) is 6.92 Å². The Labute approximate surface area is 229 Å². The summed E-state index contributed by atoms with van der Waals surface area (Å²) in [4.78, 5) is 62.5. The molecule has 2 aromatic rings. The molecule has 0 spiro atoms. The van der Waals surface area contributed by atoms with Crippen LogP contribution < -0.4 is 5.32 Å². The van der Waals surface area contributed by atoms with Crippen molar-refractivity contribution < 1.29 is 38.6 Å². The first-order chi connectivity index (χ1) is 18.6. The molecule has 206 valence electrons. The summed E-state index contributed by atoms with van der Waals surface area (Å²) in [6.07, 6.45) is 0.0259. The highest BCUT2D eigenvalue weighted by Gasteiger charge is 2.54. The zero-order valence-electron chi connectivity index (χ0n) is 21.8. The van der Waals surface area contributed by atoms with Crippen LogP contribution in [0.3, 0.4) is 0 Å². The Hall–Kier alpha value is -4.06. The van der Waals surface area contributed by atoms with Crippen LogP contribution in [0.15, 0.2) is 47.7 Å². The Bertz CT molecular complexity index is 1350. The molecule has 2 aliphatic heterocycles. The summed E-state index contributed by atoms with van der Waals surface area (Å²) in [6, 6.07) is 10.3. The van der Waals surface area contributed by atoms with Gasteiger partial charge in [0.05, 0.1) is 12.2 Å². The predicted octanol–water partition coefficient (Wildman–Crippen LogP) is 2.33. The first kappa shape index (κ1) is 28.0. The van der Waals surface area contributed by atoms with Crippen molar-refractivity contribution in [2.45, 2.75) is 45.2 Å². The molecule has 3 heterocycles. The fraction of sp³-hybridized carbons (Fsp3) is 0.370. The molecule has 12 heteroatoms. The smallest absolute Gasteiger partial charge is 0.352 e. The first-order valence-electron chi connectivity index (χ1n) is 12.4. The van der Waals surface area contributed by atoms with Gasteiger partial charge in [-0.25, -0.2) is 9.59 Å². The molecule has 1 aromatic heterocycles. The van der Waals surface area contributed by atoms with E-state index < -0.39 is 35.2 Å². The van der Waals surface area contributed by atoms with Gasteiger partial charge in [-0.3, -0.25) is 19.3 Å². The summed E-state index contributed by atoms with van der Waals surface area (Å²) in [7, 11) is 0. The molecule has 0 saturated carbocycles. The largest absolute Gasteiger partial charge is 0.477 e. The highest BCUT2D eigenvalue weighted by molar-refractivity contribution is 8.00. The number of benzene rings is 1. The highest BCUT2D eigenvalue weighted by Crippen LogP contribution is 2.40. The number of hydrogen-bond acceptors (Lipinski definition) is 8. The van der Waals surface area contributed by atoms with E-state index in [2.05, 4.69) is 5.32 Å². The van der Waals surface area contributed by atoms with E-state index in [-0.39, 0.29) is 43.5 Å². The van der Waals surface area contributed by atoms with Gasteiger partial charge in [-0.15, -0.1) is 11.8 Å². The van der Waals surface area contributed by atoms with E-state index in [1.165, 1.54) is 18.7 Å². The number of aliphatic carboxylic acids is 1. The summed E-state index contributed by atoms with van der Waals surface area (Å²) in [5.74, 6) is -2.97. The predicted molar refractivity (Wildman–Crippen MR) is 141 cm³/mol. The first-order valence-corrected chi connectivity index (χ1v) is 13.4. The van der Waals surface area contributed by atoms with Crippen molar-refractivity contribution in [3.63, 3.8) is 0 Å². The number of β-lactam (4-membered cyclic amide) rings is 1. The lowest BCUT2D eigenvalue weighted by molar-refractivity contribution is -0.151. The van der Waals surface area contributed by atoms with Crippen LogP contribution in [0.4, 0.5) is 0 Å². The minimum Gasteiger partial charge on any atom is -0.477 e. The van der Waals surface area contributed by atoms with Gasteiger partial charge < -0.3 is 24.5 Å². The minimum atomic E-state index is -1.30. The molecular weight excluding hydrogens is 526 g/mol. The highest BCUT2D eigenvalue weighted by atomic mass is 32.2. The summed E-state index contributed by atoms with van der Waals surface area (Å²) in [6.45, 7) is 5.01. The Balaban J connectivity index is 1.46. The van der Waals surface area contributed by atoms with Crippen LogP contribution in [-0.4, -0.2) is 74.7 Å². The molecule has 4 rings (SSSR count). The zero-order valence-corrected chi connectivity index (χ0v) is 22.6. The molecule has 39 heavy (non-hydrogen) atoms. The molecule has 2 N–H and O–H groups in total. The molecule has 2 amide bonds. The Morgan fingerprint density at radius 1 is 1.15 bits per heavy atom. The van der Waals surface area contributed by atoms with E-state index in [9.17, 15) is 29.1 Å². The lowest BCUT2D eigenvalue weighted by Crippen LogP contribution is -2.70. The Morgan fingerprint density at radius 2 is 1.87 bits per heavy atom. The number of nitrogens with one attached hydrogen (secondary N) is 1. The number of esters is 2. The number of hydrogen-bond donors (Lipinski definition) is 2. The van der Waals surface area contributed by atoms with E-state index in [0.717, 1.165) is 16.2 Å². The van der Waals surface area contributed by atoms with Gasteiger partial charge in [0.15, 0.2) is 0 Å². The van der Waals surface area contributed by atoms with Crippen LogP contribution in [0.5, 0.6) is 0 Å². The summed E-state index contributed by atoms with van der Waals surface area (Å²) < 4.78 is 12.0. The fourth-order valence-corrected chi connectivity index (χ4v) is 5.97. The van der Waals surface area contributed by atoms with Crippen molar-refractivity contribution in [2.75, 3.05) is 19.0 Å². The van der Waals surface area contributed by atoms with E-state index in [1.54, 1.807) is 19.9 Å². The number of nitrogens with zero attached hydrogens (tertiary/aromatic N) is 2. The molecular formula is C27H29N3O8S. The monoisotopic (exact) mass is 555 g/mol. The van der Waals surface area contributed by atoms with Gasteiger partial charge >= 0.3 is 17.9 Å². The van der Waals surface area contributed by atoms with Crippen molar-refractivity contribution in [1.82, 2.24) is 14.8 Å². The number of carboxylic acids is 1. The zero-order chi connectivity index (χ0) is 28.3. The average Bonchev–Trinajstić information content (AvgIpc) is 3.25. The molecule has 0 radical (unpaired) electrons. The third-order valence-electron chi connectivity index (χ3n) is 6.51. The second kappa shape index (κ2) is 11.8. The van der Waals surface area contributed by atoms with Gasteiger partial charge in [-0.05, 0) is 25.5 Å². The molecule has 1 fully saturated rings. The molecule has 2 aliphatic rings. The van der Waals surface area contributed by atoms with Crippen molar-refractivity contribution in [1.29, 1.82) is 0 Å². The average molecular weight is 556 g/mol. The molecule has 0 bridgehead atoms. The van der Waals surface area contributed by atoms with Gasteiger partial charge in [0, 0.05) is 42.6 Å². The molecule has 11 nitrogen and oxygen atoms in total. The number of thioether (sulfide) groups is 1. The second-order valence-electron chi connectivity index (χ2n) is 9.01. The number of carbonyl (C=O) groups excluding carboxylic acids is 4. The molecule has 0 unspecified atom stereocenters. The molecule has 2 atom stereocenters. The van der Waals surface area contributed by atoms with Gasteiger partial charge in [-0.1, -0.05) is 30.3 Å². The Kier molecular flexibility index (Phi) is 8.44. The van der Waals surface area contributed by atoms with Crippen molar-refractivity contribution in [3.05, 3.63) is 58.9 Å². The maximum Gasteiger partial charge on any atom is 0.352 e. The molecule has 1 aromatic carbocycles. The summed E-state index contributed by atoms with van der Waals surface area (Å²) in [5, 5.41) is 11.8. The number of carboxylic acid groups (broad SMARTS) is 1. The van der Waals surface area contributed by atoms with E-state index in [1.807, 2.05) is 34.9 Å². The SMILES string of the molecule is CCOC(=O)c1cc(-c2ccccc2)n(CCC(=O)N[C@@H]2C(=O)N3C(C(=O)O)=C(COC(C)=O)CS[C@H]23)c1C. The van der Waals surface area contributed by atoms with Crippen LogP contribution in [0.1, 0.15) is 36.3 Å². The molecule has 0 aliphatic carbocycles. The van der Waals surface area contributed by atoms with E-state index >= 15 is 0 Å². The number of fused-ring (bicyclic) bond motifs is 1. The van der Waals surface area contributed by atoms with E-state index in [4.69, 9.17) is 9.47 Å². The van der Waals surface area contributed by atoms with Gasteiger partial charge in [0.1, 0.15) is 23.7 Å². The van der Waals surface area contributed by atoms with Crippen LogP contribution in [-0.2, 0) is 35.2 Å². The van der Waals surface area contributed by atoms with Crippen molar-refractivity contribution >= 4 is 41.5 Å². The number of ether oxygens (including phenoxy) is 2. The normalized spacial score (nSPS) is 18.2. The third kappa shape index (κ3) is 5.70. The Morgan fingerprint density at radius 3 is 2.51 bits per heavy atom. The van der Waals surface area contributed by atoms with Crippen LogP contribution in [0.25, 0.3) is 11.3 Å². The van der Waals surface area contributed by atoms with Gasteiger partial charge in [0.25, 0.3) is 5.91 Å². The number of amides is 2. The minimum absolute atomic E-state index is 0.0259. The van der Waals surface area contributed by atoms with Crippen molar-refractivity contribution in [3.8, 4) is 11.3 Å². The third-order valence-corrected chi connectivity index (χ3v) is 7.85. The van der Waals surface area contributed by atoms with Gasteiger partial charge in [0.2, 0.25) is 5.91 Å². The topological polar surface area (TPSA) is 144 Å². The summed E-state index contributed by atoms with van der Waals surface area (Å²) >= 11 is 1.30. The lowest BCUT2D eigenvalue weighted by atomic mass is 10.0. The number of rotatable bonds is 10. The fourth-order valence-electron chi connectivity index (χ4n) is 4.64. The lowest BCUT2D eigenvalue weighted by Gasteiger charge is -2.49. The van der Waals surface area contributed by atoms with Crippen LogP contribution >= 0.6 is 11.8 Å². The van der Waals surface area contributed by atoms with Crippen molar-refractivity contribution in [2.24, 2.45) is 0 Å². The van der Waals surface area contributed by atoms with Crippen LogP contribution in [0.2, 0.25) is 0 Å². The standard InChI is InChI=1S/C27H29N3O8S/c1-4-37-27(36)19-12-20(17-8-6-5-7-9-17)29(15(19)2)11-10-21(32)28-22-24(33)30-23(26(34)35)18(13-38-16(3)31)14-39-25(22)30/h5-9,12,22,25H,4,10-11,13-14H2,1-3H3,(H,28,32)(H,34,35)/t22-,25-/m1/s1. The maximum absolute atomic E-state index is 12.9.